The Labute approximate surface area is 125 Å². The molecule has 104 valence electrons. The second-order valence-corrected chi connectivity index (χ2v) is 8.16. The maximum absolute atomic E-state index is 3.65. The third-order valence-electron chi connectivity index (χ3n) is 3.73. The van der Waals surface area contributed by atoms with Crippen LogP contribution in [0.2, 0.25) is 0 Å². The predicted molar refractivity (Wildman–Crippen MR) is 86.4 cm³/mol. The Hall–Kier alpha value is 0.140. The van der Waals surface area contributed by atoms with Gasteiger partial charge in [-0.1, -0.05) is 27.7 Å². The molecule has 0 aliphatic carbocycles. The normalized spacial score (nSPS) is 12.3. The van der Waals surface area contributed by atoms with Crippen LogP contribution in [-0.2, 0) is 6.42 Å². The summed E-state index contributed by atoms with van der Waals surface area (Å²) < 4.78 is 1.24. The number of thiophene rings is 1. The molecule has 0 unspecified atom stereocenters. The van der Waals surface area contributed by atoms with Crippen molar-refractivity contribution in [2.24, 2.45) is 11.3 Å². The lowest BCUT2D eigenvalue weighted by atomic mass is 9.78. The minimum Gasteiger partial charge on any atom is -0.316 e. The summed E-state index contributed by atoms with van der Waals surface area (Å²) in [4.78, 5) is 1.50. The summed E-state index contributed by atoms with van der Waals surface area (Å²) in [6.45, 7) is 11.4. The lowest BCUT2D eigenvalue weighted by molar-refractivity contribution is 0.244. The van der Waals surface area contributed by atoms with Crippen molar-refractivity contribution < 1.29 is 0 Å². The van der Waals surface area contributed by atoms with Gasteiger partial charge in [0.25, 0.3) is 0 Å². The van der Waals surface area contributed by atoms with Gasteiger partial charge in [0.15, 0.2) is 0 Å². The van der Waals surface area contributed by atoms with Crippen LogP contribution in [0.3, 0.4) is 0 Å². The lowest BCUT2D eigenvalue weighted by Gasteiger charge is -2.32. The quantitative estimate of drug-likeness (QED) is 0.698. The highest BCUT2D eigenvalue weighted by Crippen LogP contribution is 2.34. The summed E-state index contributed by atoms with van der Waals surface area (Å²) in [6.07, 6.45) is 3.68. The first-order chi connectivity index (χ1) is 8.51. The molecule has 0 spiro atoms. The number of nitrogens with one attached hydrogen (secondary N) is 1. The number of hydrogen-bond acceptors (Lipinski definition) is 2. The van der Waals surface area contributed by atoms with Crippen molar-refractivity contribution in [3.63, 3.8) is 0 Å². The van der Waals surface area contributed by atoms with E-state index in [0.717, 1.165) is 19.0 Å². The smallest absolute Gasteiger partial charge is 0.0701 e. The highest BCUT2D eigenvalue weighted by Gasteiger charge is 2.26. The number of rotatable bonds is 8. The number of hydrogen-bond donors (Lipinski definition) is 1. The second-order valence-electron chi connectivity index (χ2n) is 5.61. The largest absolute Gasteiger partial charge is 0.316 e. The Kier molecular flexibility index (Phi) is 6.89. The van der Waals surface area contributed by atoms with Gasteiger partial charge in [-0.15, -0.1) is 11.3 Å². The standard InChI is InChI=1S/C15H26BrNS/c1-5-15(6-2,11-17-10-12(3)4)9-13-7-8-14(16)18-13/h7-8,12,17H,5-6,9-11H2,1-4H3. The van der Waals surface area contributed by atoms with E-state index in [1.807, 2.05) is 11.3 Å². The lowest BCUT2D eigenvalue weighted by Crippen LogP contribution is -2.36. The third-order valence-corrected chi connectivity index (χ3v) is 5.35. The Morgan fingerprint density at radius 3 is 2.39 bits per heavy atom. The molecule has 0 aromatic carbocycles. The minimum atomic E-state index is 0.416. The molecule has 0 saturated heterocycles. The molecule has 0 fully saturated rings. The van der Waals surface area contributed by atoms with E-state index in [1.165, 1.54) is 27.9 Å². The van der Waals surface area contributed by atoms with E-state index in [9.17, 15) is 0 Å². The summed E-state index contributed by atoms with van der Waals surface area (Å²) in [5.74, 6) is 0.729. The van der Waals surface area contributed by atoms with E-state index in [2.05, 4.69) is 61.1 Å². The molecule has 1 heterocycles. The van der Waals surface area contributed by atoms with Crippen LogP contribution < -0.4 is 5.32 Å². The van der Waals surface area contributed by atoms with Crippen LogP contribution in [0.4, 0.5) is 0 Å². The van der Waals surface area contributed by atoms with E-state index < -0.39 is 0 Å². The van der Waals surface area contributed by atoms with Gasteiger partial charge in [0, 0.05) is 11.4 Å². The molecule has 1 nitrogen and oxygen atoms in total. The molecule has 1 rings (SSSR count). The maximum atomic E-state index is 3.65. The summed E-state index contributed by atoms with van der Waals surface area (Å²) >= 11 is 5.43. The SMILES string of the molecule is CCC(CC)(CNCC(C)C)Cc1ccc(Br)s1. The second kappa shape index (κ2) is 7.66. The van der Waals surface area contributed by atoms with Gasteiger partial charge in [-0.2, -0.15) is 0 Å². The summed E-state index contributed by atoms with van der Waals surface area (Å²) in [5, 5.41) is 3.65. The topological polar surface area (TPSA) is 12.0 Å². The van der Waals surface area contributed by atoms with Crippen molar-refractivity contribution in [2.75, 3.05) is 13.1 Å². The fourth-order valence-electron chi connectivity index (χ4n) is 2.25. The van der Waals surface area contributed by atoms with Gasteiger partial charge in [0.2, 0.25) is 0 Å². The van der Waals surface area contributed by atoms with Crippen LogP contribution in [0.25, 0.3) is 0 Å². The average molecular weight is 332 g/mol. The first-order valence-electron chi connectivity index (χ1n) is 6.96. The first-order valence-corrected chi connectivity index (χ1v) is 8.57. The van der Waals surface area contributed by atoms with Crippen LogP contribution in [0.1, 0.15) is 45.4 Å². The molecule has 0 radical (unpaired) electrons. The monoisotopic (exact) mass is 331 g/mol. The van der Waals surface area contributed by atoms with Crippen molar-refractivity contribution in [3.8, 4) is 0 Å². The maximum Gasteiger partial charge on any atom is 0.0701 e. The van der Waals surface area contributed by atoms with E-state index in [4.69, 9.17) is 0 Å². The van der Waals surface area contributed by atoms with E-state index in [1.54, 1.807) is 0 Å². The Bertz CT molecular complexity index is 342. The molecule has 18 heavy (non-hydrogen) atoms. The van der Waals surface area contributed by atoms with Crippen LogP contribution in [-0.4, -0.2) is 13.1 Å². The Morgan fingerprint density at radius 1 is 1.28 bits per heavy atom. The van der Waals surface area contributed by atoms with Crippen molar-refractivity contribution in [1.29, 1.82) is 0 Å². The van der Waals surface area contributed by atoms with Crippen LogP contribution in [0.15, 0.2) is 15.9 Å². The van der Waals surface area contributed by atoms with Gasteiger partial charge in [-0.3, -0.25) is 0 Å². The first kappa shape index (κ1) is 16.2. The molecule has 1 N–H and O–H groups in total. The van der Waals surface area contributed by atoms with Gasteiger partial charge in [-0.25, -0.2) is 0 Å². The van der Waals surface area contributed by atoms with E-state index in [0.29, 0.717) is 5.41 Å². The van der Waals surface area contributed by atoms with Gasteiger partial charge in [-0.05, 0) is 65.2 Å². The van der Waals surface area contributed by atoms with Gasteiger partial charge in [0.05, 0.1) is 3.79 Å². The predicted octanol–water partition coefficient (Wildman–Crippen LogP) is 5.11. The molecule has 0 saturated carbocycles. The van der Waals surface area contributed by atoms with Crippen LogP contribution in [0.5, 0.6) is 0 Å². The molecular weight excluding hydrogens is 306 g/mol. The van der Waals surface area contributed by atoms with Crippen molar-refractivity contribution in [3.05, 3.63) is 20.8 Å². The molecule has 3 heteroatoms. The minimum absolute atomic E-state index is 0.416. The van der Waals surface area contributed by atoms with Crippen molar-refractivity contribution >= 4 is 27.3 Å². The highest BCUT2D eigenvalue weighted by atomic mass is 79.9. The number of halogens is 1. The molecule has 0 amide bonds. The fraction of sp³-hybridized carbons (Fsp3) is 0.733. The average Bonchev–Trinajstić information content (AvgIpc) is 2.73. The summed E-state index contributed by atoms with van der Waals surface area (Å²) in [7, 11) is 0. The highest BCUT2D eigenvalue weighted by molar-refractivity contribution is 9.11. The molecule has 1 aromatic heterocycles. The van der Waals surface area contributed by atoms with Crippen LogP contribution >= 0.6 is 27.3 Å². The van der Waals surface area contributed by atoms with Gasteiger partial charge in [0.1, 0.15) is 0 Å². The zero-order valence-corrected chi connectivity index (χ0v) is 14.5. The Balaban J connectivity index is 2.61. The molecular formula is C15H26BrNS. The van der Waals surface area contributed by atoms with Crippen LogP contribution in [0, 0.1) is 11.3 Å². The summed E-state index contributed by atoms with van der Waals surface area (Å²) in [5.41, 5.74) is 0.416. The van der Waals surface area contributed by atoms with Crippen molar-refractivity contribution in [2.45, 2.75) is 47.0 Å². The van der Waals surface area contributed by atoms with E-state index >= 15 is 0 Å². The fourth-order valence-corrected chi connectivity index (χ4v) is 3.91. The zero-order valence-electron chi connectivity index (χ0n) is 12.1. The van der Waals surface area contributed by atoms with Gasteiger partial charge < -0.3 is 5.32 Å². The zero-order chi connectivity index (χ0) is 13.6. The van der Waals surface area contributed by atoms with Gasteiger partial charge >= 0.3 is 0 Å². The molecule has 0 bridgehead atoms. The molecule has 0 aliphatic heterocycles. The molecule has 1 aromatic rings. The van der Waals surface area contributed by atoms with Crippen molar-refractivity contribution in [1.82, 2.24) is 5.32 Å². The van der Waals surface area contributed by atoms with E-state index in [-0.39, 0.29) is 0 Å². The molecule has 0 atom stereocenters. The third kappa shape index (κ3) is 5.02. The Morgan fingerprint density at radius 2 is 1.94 bits per heavy atom. The summed E-state index contributed by atoms with van der Waals surface area (Å²) in [6, 6.07) is 4.43. The molecule has 0 aliphatic rings.